The molecular formula is C17H22N8OS. The van der Waals surface area contributed by atoms with Gasteiger partial charge in [0.25, 0.3) is 0 Å². The number of nitrogens with zero attached hydrogens (tertiary/aromatic N) is 4. The number of H-pyrrole nitrogens is 1. The lowest BCUT2D eigenvalue weighted by Gasteiger charge is -2.21. The molecule has 0 aromatic carbocycles. The summed E-state index contributed by atoms with van der Waals surface area (Å²) in [7, 11) is 0. The molecule has 3 rings (SSSR count). The summed E-state index contributed by atoms with van der Waals surface area (Å²) in [5.41, 5.74) is 13.9. The molecule has 0 unspecified atom stereocenters. The molecule has 2 aromatic rings. The Kier molecular flexibility index (Phi) is 6.44. The van der Waals surface area contributed by atoms with Gasteiger partial charge in [-0.3, -0.25) is 10.1 Å². The van der Waals surface area contributed by atoms with E-state index in [9.17, 15) is 0 Å². The van der Waals surface area contributed by atoms with Gasteiger partial charge in [0.15, 0.2) is 11.6 Å². The van der Waals surface area contributed by atoms with Crippen LogP contribution in [0.4, 0.5) is 11.6 Å². The van der Waals surface area contributed by atoms with Gasteiger partial charge >= 0.3 is 0 Å². The van der Waals surface area contributed by atoms with Gasteiger partial charge in [0.1, 0.15) is 0 Å². The fourth-order valence-electron chi connectivity index (χ4n) is 2.26. The van der Waals surface area contributed by atoms with E-state index in [0.29, 0.717) is 42.7 Å². The summed E-state index contributed by atoms with van der Waals surface area (Å²) in [5.74, 6) is 0.811. The monoisotopic (exact) mass is 386 g/mol. The summed E-state index contributed by atoms with van der Waals surface area (Å²) in [6, 6.07) is 0.179. The third-order valence-corrected chi connectivity index (χ3v) is 4.61. The van der Waals surface area contributed by atoms with E-state index in [4.69, 9.17) is 16.2 Å². The number of aliphatic imine (C=N–C) groups is 1. The van der Waals surface area contributed by atoms with Crippen LogP contribution >= 0.6 is 11.8 Å². The van der Waals surface area contributed by atoms with Gasteiger partial charge in [-0.1, -0.05) is 6.08 Å². The Balaban J connectivity index is 1.65. The molecule has 0 amide bonds. The first-order chi connectivity index (χ1) is 13.2. The zero-order valence-electron chi connectivity index (χ0n) is 14.9. The van der Waals surface area contributed by atoms with E-state index in [-0.39, 0.29) is 6.04 Å². The number of thioether (sulfide) groups is 1. The molecule has 0 atom stereocenters. The van der Waals surface area contributed by atoms with Crippen molar-refractivity contribution in [3.8, 4) is 0 Å². The highest BCUT2D eigenvalue weighted by molar-refractivity contribution is 7.98. The molecule has 3 heterocycles. The van der Waals surface area contributed by atoms with Crippen LogP contribution in [0.1, 0.15) is 11.4 Å². The first-order valence-corrected chi connectivity index (χ1v) is 9.57. The van der Waals surface area contributed by atoms with Gasteiger partial charge in [-0.15, -0.1) is 11.8 Å². The second-order valence-electron chi connectivity index (χ2n) is 5.72. The average molecular weight is 386 g/mol. The smallest absolute Gasteiger partial charge is 0.169 e. The summed E-state index contributed by atoms with van der Waals surface area (Å²) >= 11 is 1.63. The molecule has 27 heavy (non-hydrogen) atoms. The number of aromatic nitrogens is 4. The molecule has 9 nitrogen and oxygen atoms in total. The first kappa shape index (κ1) is 18.9. The van der Waals surface area contributed by atoms with Crippen molar-refractivity contribution in [3.63, 3.8) is 0 Å². The number of hydrogen-bond donors (Lipinski definition) is 4. The SMILES string of the molecule is CSc1cn[nH]c1/C=C/CNc1nc(C(C=NC2COC2)=CN)cnc1N. The van der Waals surface area contributed by atoms with E-state index >= 15 is 0 Å². The topological polar surface area (TPSA) is 140 Å². The minimum absolute atomic E-state index is 0.179. The second-order valence-corrected chi connectivity index (χ2v) is 6.56. The van der Waals surface area contributed by atoms with E-state index in [1.807, 2.05) is 18.4 Å². The number of aromatic amines is 1. The number of ether oxygens (including phenoxy) is 1. The van der Waals surface area contributed by atoms with Gasteiger partial charge in [-0.25, -0.2) is 9.97 Å². The van der Waals surface area contributed by atoms with Crippen molar-refractivity contribution in [3.05, 3.63) is 36.1 Å². The van der Waals surface area contributed by atoms with Gasteiger partial charge in [0.2, 0.25) is 0 Å². The van der Waals surface area contributed by atoms with Gasteiger partial charge in [-0.05, 0) is 12.3 Å². The molecule has 0 bridgehead atoms. The van der Waals surface area contributed by atoms with Crippen LogP contribution in [0.2, 0.25) is 0 Å². The molecule has 1 saturated heterocycles. The number of allylic oxidation sites excluding steroid dienone is 1. The largest absolute Gasteiger partial charge is 0.404 e. The lowest BCUT2D eigenvalue weighted by molar-refractivity contribution is 0.0136. The van der Waals surface area contributed by atoms with E-state index < -0.39 is 0 Å². The summed E-state index contributed by atoms with van der Waals surface area (Å²) in [6.45, 7) is 1.80. The zero-order chi connectivity index (χ0) is 19.1. The minimum atomic E-state index is 0.179. The third-order valence-electron chi connectivity index (χ3n) is 3.85. The molecule has 1 aliphatic heterocycles. The molecule has 0 spiro atoms. The number of anilines is 2. The van der Waals surface area contributed by atoms with Crippen LogP contribution in [0.5, 0.6) is 0 Å². The van der Waals surface area contributed by atoms with Crippen molar-refractivity contribution in [1.29, 1.82) is 0 Å². The van der Waals surface area contributed by atoms with Crippen LogP contribution in [0, 0.1) is 0 Å². The standard InChI is InChI=1S/C17H22N8OS/c1-27-15-8-23-25-13(15)3-2-4-20-17-16(19)22-7-14(24-17)11(5-18)6-21-12-9-26-10-12/h2-3,5-8,12H,4,9-10,18H2,1H3,(H2,19,22)(H,20,24)(H,23,25)/b3-2+,11-5?,21-6?. The Morgan fingerprint density at radius 2 is 2.33 bits per heavy atom. The van der Waals surface area contributed by atoms with Crippen molar-refractivity contribution < 1.29 is 4.74 Å². The van der Waals surface area contributed by atoms with Crippen LogP contribution in [0.3, 0.4) is 0 Å². The Labute approximate surface area is 161 Å². The number of rotatable bonds is 8. The normalized spacial score (nSPS) is 15.5. The third kappa shape index (κ3) is 4.86. The van der Waals surface area contributed by atoms with Crippen LogP contribution in [0.25, 0.3) is 11.6 Å². The van der Waals surface area contributed by atoms with Crippen LogP contribution in [-0.2, 0) is 4.74 Å². The number of nitrogen functional groups attached to an aromatic ring is 1. The summed E-state index contributed by atoms with van der Waals surface area (Å²) in [4.78, 5) is 14.2. The van der Waals surface area contributed by atoms with Gasteiger partial charge in [-0.2, -0.15) is 5.10 Å². The van der Waals surface area contributed by atoms with Crippen LogP contribution < -0.4 is 16.8 Å². The lowest BCUT2D eigenvalue weighted by Crippen LogP contribution is -2.31. The fraction of sp³-hybridized carbons (Fsp3) is 0.294. The maximum Gasteiger partial charge on any atom is 0.169 e. The summed E-state index contributed by atoms with van der Waals surface area (Å²) < 4.78 is 5.10. The Bertz CT molecular complexity index is 856. The Morgan fingerprint density at radius 1 is 1.48 bits per heavy atom. The van der Waals surface area contributed by atoms with Crippen LogP contribution in [-0.4, -0.2) is 58.4 Å². The van der Waals surface area contributed by atoms with Gasteiger partial charge < -0.3 is 21.5 Å². The molecule has 10 heteroatoms. The molecular weight excluding hydrogens is 364 g/mol. The van der Waals surface area contributed by atoms with Crippen molar-refractivity contribution in [2.75, 3.05) is 37.1 Å². The minimum Gasteiger partial charge on any atom is -0.404 e. The molecule has 1 fully saturated rings. The van der Waals surface area contributed by atoms with Gasteiger partial charge in [0.05, 0.1) is 47.9 Å². The number of nitrogens with two attached hydrogens (primary N) is 2. The molecule has 6 N–H and O–H groups in total. The maximum atomic E-state index is 5.93. The highest BCUT2D eigenvalue weighted by atomic mass is 32.2. The first-order valence-electron chi connectivity index (χ1n) is 8.34. The number of hydrogen-bond acceptors (Lipinski definition) is 9. The van der Waals surface area contributed by atoms with Gasteiger partial charge in [0, 0.05) is 24.5 Å². The predicted octanol–water partition coefficient (Wildman–Crippen LogP) is 1.40. The molecule has 1 aliphatic rings. The summed E-state index contributed by atoms with van der Waals surface area (Å²) in [6.07, 6.45) is 12.4. The maximum absolute atomic E-state index is 5.93. The molecule has 0 radical (unpaired) electrons. The van der Waals surface area contributed by atoms with E-state index in [1.165, 1.54) is 6.20 Å². The van der Waals surface area contributed by atoms with Crippen LogP contribution in [0.15, 0.2) is 34.6 Å². The Hall–Kier alpha value is -2.85. The van der Waals surface area contributed by atoms with Crippen molar-refractivity contribution >= 4 is 41.3 Å². The van der Waals surface area contributed by atoms with E-state index in [2.05, 4.69) is 30.5 Å². The fourth-order valence-corrected chi connectivity index (χ4v) is 2.75. The molecule has 0 saturated carbocycles. The molecule has 2 aromatic heterocycles. The molecule has 0 aliphatic carbocycles. The second kappa shape index (κ2) is 9.19. The number of nitrogens with one attached hydrogen (secondary N) is 2. The lowest BCUT2D eigenvalue weighted by atomic mass is 10.2. The molecule has 142 valence electrons. The average Bonchev–Trinajstić information content (AvgIpc) is 3.10. The van der Waals surface area contributed by atoms with E-state index in [1.54, 1.807) is 30.4 Å². The zero-order valence-corrected chi connectivity index (χ0v) is 15.7. The highest BCUT2D eigenvalue weighted by Gasteiger charge is 2.16. The predicted molar refractivity (Wildman–Crippen MR) is 110 cm³/mol. The summed E-state index contributed by atoms with van der Waals surface area (Å²) in [5, 5.41) is 10.1. The quantitative estimate of drug-likeness (QED) is 0.394. The Morgan fingerprint density at radius 3 is 3.04 bits per heavy atom. The van der Waals surface area contributed by atoms with Crippen molar-refractivity contribution in [2.24, 2.45) is 10.7 Å². The van der Waals surface area contributed by atoms with Crippen molar-refractivity contribution in [1.82, 2.24) is 20.2 Å². The van der Waals surface area contributed by atoms with Crippen molar-refractivity contribution in [2.45, 2.75) is 10.9 Å². The highest BCUT2D eigenvalue weighted by Crippen LogP contribution is 2.19. The van der Waals surface area contributed by atoms with E-state index in [0.717, 1.165) is 10.6 Å².